The van der Waals surface area contributed by atoms with E-state index in [0.29, 0.717) is 49.1 Å². The summed E-state index contributed by atoms with van der Waals surface area (Å²) in [6.45, 7) is 10.6. The lowest BCUT2D eigenvalue weighted by Gasteiger charge is -2.27. The number of aryl methyl sites for hydroxylation is 1. The summed E-state index contributed by atoms with van der Waals surface area (Å²) in [4.78, 5) is 45.4. The Labute approximate surface area is 285 Å². The van der Waals surface area contributed by atoms with Gasteiger partial charge in [-0.1, -0.05) is 71.4 Å². The van der Waals surface area contributed by atoms with Gasteiger partial charge < -0.3 is 35.3 Å². The Morgan fingerprint density at radius 2 is 1.86 bits per heavy atom. The van der Waals surface area contributed by atoms with Crippen LogP contribution < -0.4 is 26.4 Å². The molecule has 3 atom stereocenters. The van der Waals surface area contributed by atoms with Crippen molar-refractivity contribution in [1.29, 1.82) is 0 Å². The Morgan fingerprint density at radius 1 is 1.06 bits per heavy atom. The van der Waals surface area contributed by atoms with E-state index >= 15 is 0 Å². The number of oxazole rings is 2. The number of nitrogens with zero attached hydrogens (tertiary/aromatic N) is 2. The molecule has 0 radical (unpaired) electrons. The zero-order valence-electron chi connectivity index (χ0n) is 28.6. The number of benzene rings is 2. The number of carbonyl (C=O) groups is 3. The lowest BCUT2D eigenvalue weighted by Crippen LogP contribution is -2.40. The first-order valence-electron chi connectivity index (χ1n) is 17.0. The lowest BCUT2D eigenvalue weighted by molar-refractivity contribution is -0.122. The van der Waals surface area contributed by atoms with E-state index in [0.717, 1.165) is 41.0 Å². The molecule has 0 saturated heterocycles. The highest BCUT2D eigenvalue weighted by Crippen LogP contribution is 2.59. The maximum atomic E-state index is 13.1. The summed E-state index contributed by atoms with van der Waals surface area (Å²) < 4.78 is 19.2. The van der Waals surface area contributed by atoms with Crippen molar-refractivity contribution in [1.82, 2.24) is 20.6 Å². The fraction of sp³-hybridized carbons (Fsp3) is 0.432. The molecule has 5 N–H and O–H groups in total. The molecule has 2 aromatic heterocycles. The summed E-state index contributed by atoms with van der Waals surface area (Å²) in [5.41, 5.74) is 8.28. The quantitative estimate of drug-likeness (QED) is 0.174. The standard InChI is InChI=1S/C32H33N5O5.C5H11NO/c1-4-5-14-33-28(39)22-16-40-29(34-22)26-27-32-19-8-6-7-9-21(19)35-31(32)41-23-12-10-18(15-20(23)32)11-13-24(38)36-25(17(2)3)30(37-26)42-27;1-4(2)3-5(6)7/h6-10,12,15-17,25,31,35H,4-5,11,13-14H2,1-3H3,(H,33,39)(H,36,38);4H,3H2,1-2H3,(H2,6,7). The Bertz CT molecular complexity index is 1860. The van der Waals surface area contributed by atoms with E-state index in [1.165, 1.54) is 6.26 Å². The molecule has 2 aromatic carbocycles. The van der Waals surface area contributed by atoms with Crippen LogP contribution in [0.4, 0.5) is 5.69 Å². The SMILES string of the molecule is CC(C)CC(N)=O.CCCCNC(=O)c1coc(-c2nc3oc2C24c5ccccc5NC2Oc2ccc(cc24)CCC(=O)NC3C(C)C)n1. The minimum atomic E-state index is -0.925. The largest absolute Gasteiger partial charge is 0.469 e. The number of nitrogens with one attached hydrogen (secondary N) is 3. The molecule has 0 fully saturated rings. The fourth-order valence-electron chi connectivity index (χ4n) is 6.64. The predicted molar refractivity (Wildman–Crippen MR) is 183 cm³/mol. The van der Waals surface area contributed by atoms with E-state index in [2.05, 4.69) is 40.0 Å². The van der Waals surface area contributed by atoms with Crippen LogP contribution in [-0.2, 0) is 21.4 Å². The van der Waals surface area contributed by atoms with Crippen LogP contribution >= 0.6 is 0 Å². The maximum absolute atomic E-state index is 13.1. The first-order valence-corrected chi connectivity index (χ1v) is 17.0. The van der Waals surface area contributed by atoms with Crippen molar-refractivity contribution in [2.24, 2.45) is 17.6 Å². The highest BCUT2D eigenvalue weighted by Gasteiger charge is 2.61. The van der Waals surface area contributed by atoms with Gasteiger partial charge in [-0.3, -0.25) is 14.4 Å². The molecule has 49 heavy (non-hydrogen) atoms. The number of primary amides is 1. The Kier molecular flexibility index (Phi) is 9.49. The van der Waals surface area contributed by atoms with Gasteiger partial charge in [-0.15, -0.1) is 0 Å². The zero-order valence-corrected chi connectivity index (χ0v) is 28.6. The minimum absolute atomic E-state index is 0.0174. The fourth-order valence-corrected chi connectivity index (χ4v) is 6.64. The molecule has 3 amide bonds. The van der Waals surface area contributed by atoms with Gasteiger partial charge in [-0.05, 0) is 47.9 Å². The zero-order chi connectivity index (χ0) is 34.9. The molecule has 1 spiro atoms. The number of fused-ring (bicyclic) bond motifs is 4. The van der Waals surface area contributed by atoms with E-state index < -0.39 is 17.7 Å². The molecular weight excluding hydrogens is 624 g/mol. The van der Waals surface area contributed by atoms with E-state index in [9.17, 15) is 14.4 Å². The number of carbonyl (C=O) groups excluding carboxylic acids is 3. The third-order valence-electron chi connectivity index (χ3n) is 9.00. The summed E-state index contributed by atoms with van der Waals surface area (Å²) in [6.07, 6.45) is 4.06. The van der Waals surface area contributed by atoms with Gasteiger partial charge in [-0.2, -0.15) is 0 Å². The molecule has 5 heterocycles. The Hall–Kier alpha value is -5.13. The summed E-state index contributed by atoms with van der Waals surface area (Å²) in [7, 11) is 0. The van der Waals surface area contributed by atoms with Crippen LogP contribution in [0, 0.1) is 11.8 Å². The van der Waals surface area contributed by atoms with E-state index in [1.807, 2.05) is 58.0 Å². The van der Waals surface area contributed by atoms with Crippen molar-refractivity contribution in [3.05, 3.63) is 82.8 Å². The number of ether oxygens (including phenoxy) is 1. The summed E-state index contributed by atoms with van der Waals surface area (Å²) in [6, 6.07) is 13.6. The van der Waals surface area contributed by atoms with Gasteiger partial charge in [0.15, 0.2) is 23.4 Å². The van der Waals surface area contributed by atoms with Crippen LogP contribution in [-0.4, -0.2) is 40.5 Å². The normalized spacial score (nSPS) is 20.1. The number of hydrogen-bond donors (Lipinski definition) is 4. The number of para-hydroxylation sites is 1. The van der Waals surface area contributed by atoms with Crippen LogP contribution in [0.25, 0.3) is 11.6 Å². The van der Waals surface area contributed by atoms with Gasteiger partial charge >= 0.3 is 0 Å². The predicted octanol–water partition coefficient (Wildman–Crippen LogP) is 5.62. The van der Waals surface area contributed by atoms with E-state index in [4.69, 9.17) is 24.3 Å². The Morgan fingerprint density at radius 3 is 2.57 bits per heavy atom. The second kappa shape index (κ2) is 13.8. The van der Waals surface area contributed by atoms with Crippen molar-refractivity contribution >= 4 is 23.4 Å². The van der Waals surface area contributed by atoms with Gasteiger partial charge in [0.1, 0.15) is 23.5 Å². The summed E-state index contributed by atoms with van der Waals surface area (Å²) >= 11 is 0. The minimum Gasteiger partial charge on any atom is -0.469 e. The van der Waals surface area contributed by atoms with Crippen molar-refractivity contribution in [2.45, 2.75) is 84.4 Å². The molecule has 4 bridgehead atoms. The first-order chi connectivity index (χ1) is 23.5. The molecule has 12 nitrogen and oxygen atoms in total. The van der Waals surface area contributed by atoms with Crippen molar-refractivity contribution < 1.29 is 28.0 Å². The number of amides is 3. The number of hydrogen-bond acceptors (Lipinski definition) is 9. The first kappa shape index (κ1) is 33.8. The average Bonchev–Trinajstić information content (AvgIpc) is 3.83. The molecule has 12 heteroatoms. The number of aromatic nitrogens is 2. The number of anilines is 1. The van der Waals surface area contributed by atoms with Gasteiger partial charge in [0.25, 0.3) is 5.91 Å². The van der Waals surface area contributed by atoms with Crippen LogP contribution in [0.2, 0.25) is 0 Å². The van der Waals surface area contributed by atoms with Crippen LogP contribution in [0.1, 0.15) is 105 Å². The number of unbranched alkanes of at least 4 members (excludes halogenated alkanes) is 1. The molecule has 3 aliphatic rings. The number of rotatable bonds is 8. The van der Waals surface area contributed by atoms with Gasteiger partial charge in [-0.25, -0.2) is 9.97 Å². The van der Waals surface area contributed by atoms with Crippen LogP contribution in [0.15, 0.2) is 57.6 Å². The maximum Gasteiger partial charge on any atom is 0.273 e. The third kappa shape index (κ3) is 6.39. The summed E-state index contributed by atoms with van der Waals surface area (Å²) in [5, 5.41) is 9.57. The second-order valence-electron chi connectivity index (χ2n) is 13.6. The molecular formula is C37H44N6O6. The highest BCUT2D eigenvalue weighted by atomic mass is 16.5. The van der Waals surface area contributed by atoms with Crippen molar-refractivity contribution in [3.8, 4) is 17.3 Å². The van der Waals surface area contributed by atoms with Crippen LogP contribution in [0.3, 0.4) is 0 Å². The highest BCUT2D eigenvalue weighted by molar-refractivity contribution is 5.92. The molecule has 3 aliphatic heterocycles. The van der Waals surface area contributed by atoms with Crippen molar-refractivity contribution in [2.75, 3.05) is 11.9 Å². The third-order valence-corrected chi connectivity index (χ3v) is 9.00. The van der Waals surface area contributed by atoms with E-state index in [-0.39, 0.29) is 35.2 Å². The molecule has 3 unspecified atom stereocenters. The molecule has 4 aromatic rings. The topological polar surface area (TPSA) is 175 Å². The smallest absolute Gasteiger partial charge is 0.273 e. The monoisotopic (exact) mass is 668 g/mol. The molecule has 0 aliphatic carbocycles. The molecule has 7 rings (SSSR count). The Balaban J connectivity index is 0.000000540. The van der Waals surface area contributed by atoms with Crippen LogP contribution in [0.5, 0.6) is 5.75 Å². The summed E-state index contributed by atoms with van der Waals surface area (Å²) in [5.74, 6) is 1.48. The number of nitrogens with two attached hydrogens (primary N) is 1. The van der Waals surface area contributed by atoms with Gasteiger partial charge in [0.05, 0.1) is 0 Å². The van der Waals surface area contributed by atoms with Crippen molar-refractivity contribution in [3.63, 3.8) is 0 Å². The molecule has 0 saturated carbocycles. The second-order valence-corrected chi connectivity index (χ2v) is 13.6. The lowest BCUT2D eigenvalue weighted by atomic mass is 9.72. The molecule has 258 valence electrons. The average molecular weight is 669 g/mol. The van der Waals surface area contributed by atoms with E-state index in [1.54, 1.807) is 0 Å². The van der Waals surface area contributed by atoms with Gasteiger partial charge in [0, 0.05) is 30.6 Å². The van der Waals surface area contributed by atoms with Gasteiger partial charge in [0.2, 0.25) is 23.6 Å².